The van der Waals surface area contributed by atoms with Crippen LogP contribution in [0.3, 0.4) is 0 Å². The molecule has 0 amide bonds. The zero-order valence-corrected chi connectivity index (χ0v) is 14.1. The number of hydrogen-bond acceptors (Lipinski definition) is 4. The molecule has 5 rings (SSSR count). The number of likely N-dealkylation sites (tertiary alicyclic amines) is 1. The van der Waals surface area contributed by atoms with Gasteiger partial charge < -0.3 is 19.5 Å². The van der Waals surface area contributed by atoms with Gasteiger partial charge in [-0.3, -0.25) is 0 Å². The van der Waals surface area contributed by atoms with Crippen LogP contribution in [0.1, 0.15) is 30.9 Å². The fourth-order valence-electron chi connectivity index (χ4n) is 6.07. The molecule has 1 aromatic carbocycles. The Morgan fingerprint density at radius 1 is 1.39 bits per heavy atom. The molecule has 2 fully saturated rings. The summed E-state index contributed by atoms with van der Waals surface area (Å²) in [5.74, 6) is 2.60. The van der Waals surface area contributed by atoms with E-state index in [2.05, 4.69) is 24.9 Å². The Kier molecular flexibility index (Phi) is 2.71. The minimum atomic E-state index is -0.390. The normalized spacial score (nSPS) is 43.7. The Balaban J connectivity index is 1.79. The highest BCUT2D eigenvalue weighted by Crippen LogP contribution is 2.64. The largest absolute Gasteiger partial charge is 0.493 e. The number of methoxy groups -OCH3 is 1. The molecular formula is C19H25NO3. The van der Waals surface area contributed by atoms with Crippen LogP contribution in [0.25, 0.3) is 0 Å². The van der Waals surface area contributed by atoms with E-state index in [0.29, 0.717) is 12.0 Å². The van der Waals surface area contributed by atoms with Crippen molar-refractivity contribution < 1.29 is 14.6 Å². The second kappa shape index (κ2) is 4.42. The lowest BCUT2D eigenvalue weighted by Crippen LogP contribution is -2.67. The maximum atomic E-state index is 10.9. The van der Waals surface area contributed by atoms with Crippen molar-refractivity contribution in [2.45, 2.75) is 49.9 Å². The zero-order valence-electron chi connectivity index (χ0n) is 14.1. The quantitative estimate of drug-likeness (QED) is 0.860. The summed E-state index contributed by atoms with van der Waals surface area (Å²) in [4.78, 5) is 2.53. The highest BCUT2D eigenvalue weighted by atomic mass is 16.5. The SMILES string of the molecule is COc1ccc2c3c1OC1C(O)C(C)CC4C(C2)N(C)CCC341. The summed E-state index contributed by atoms with van der Waals surface area (Å²) in [7, 11) is 3.96. The molecule has 2 aliphatic heterocycles. The summed E-state index contributed by atoms with van der Waals surface area (Å²) in [5, 5.41) is 10.9. The van der Waals surface area contributed by atoms with E-state index in [1.807, 2.05) is 6.07 Å². The molecule has 0 aromatic heterocycles. The van der Waals surface area contributed by atoms with Crippen molar-refractivity contribution in [3.63, 3.8) is 0 Å². The predicted octanol–water partition coefficient (Wildman–Crippen LogP) is 1.97. The molecule has 4 heteroatoms. The summed E-state index contributed by atoms with van der Waals surface area (Å²) in [6.45, 7) is 3.25. The van der Waals surface area contributed by atoms with Crippen LogP contribution in [-0.2, 0) is 11.8 Å². The summed E-state index contributed by atoms with van der Waals surface area (Å²) < 4.78 is 12.0. The molecule has 1 spiro atoms. The van der Waals surface area contributed by atoms with Gasteiger partial charge in [0.25, 0.3) is 0 Å². The average molecular weight is 315 g/mol. The summed E-state index contributed by atoms with van der Waals surface area (Å²) >= 11 is 0. The van der Waals surface area contributed by atoms with Crippen LogP contribution in [0.5, 0.6) is 11.5 Å². The molecular weight excluding hydrogens is 290 g/mol. The predicted molar refractivity (Wildman–Crippen MR) is 87.1 cm³/mol. The van der Waals surface area contributed by atoms with Crippen molar-refractivity contribution >= 4 is 0 Å². The number of ether oxygens (including phenoxy) is 2. The van der Waals surface area contributed by atoms with Gasteiger partial charge in [-0.2, -0.15) is 0 Å². The van der Waals surface area contributed by atoms with Gasteiger partial charge in [0, 0.05) is 17.0 Å². The molecule has 1 N–H and O–H groups in total. The van der Waals surface area contributed by atoms with Crippen molar-refractivity contribution in [1.82, 2.24) is 4.90 Å². The fourth-order valence-corrected chi connectivity index (χ4v) is 6.07. The number of nitrogens with zero attached hydrogens (tertiary/aromatic N) is 1. The third-order valence-corrected chi connectivity index (χ3v) is 7.16. The van der Waals surface area contributed by atoms with Gasteiger partial charge in [-0.25, -0.2) is 0 Å². The molecule has 2 aliphatic carbocycles. The molecule has 1 saturated heterocycles. The minimum Gasteiger partial charge on any atom is -0.493 e. The molecule has 4 aliphatic rings. The minimum absolute atomic E-state index is 0.0133. The van der Waals surface area contributed by atoms with Gasteiger partial charge in [-0.05, 0) is 56.3 Å². The standard InChI is InChI=1S/C19H25NO3/c1-10-8-12-13-9-11-4-5-14(22-3)17-15(11)19(12,6-7-20(13)2)18(23-17)16(10)21/h4-5,10,12-13,16,18,21H,6-9H2,1-3H3. The molecule has 6 atom stereocenters. The van der Waals surface area contributed by atoms with Gasteiger partial charge >= 0.3 is 0 Å². The molecule has 6 unspecified atom stereocenters. The smallest absolute Gasteiger partial charge is 0.165 e. The summed E-state index contributed by atoms with van der Waals surface area (Å²) in [6.07, 6.45) is 2.75. The third kappa shape index (κ3) is 1.50. The molecule has 2 bridgehead atoms. The third-order valence-electron chi connectivity index (χ3n) is 7.16. The van der Waals surface area contributed by atoms with Gasteiger partial charge in [0.05, 0.1) is 13.2 Å². The zero-order chi connectivity index (χ0) is 15.9. The van der Waals surface area contributed by atoms with Crippen molar-refractivity contribution in [3.8, 4) is 11.5 Å². The van der Waals surface area contributed by atoms with Crippen molar-refractivity contribution in [2.24, 2.45) is 11.8 Å². The van der Waals surface area contributed by atoms with Crippen LogP contribution in [0, 0.1) is 11.8 Å². The highest BCUT2D eigenvalue weighted by Gasteiger charge is 2.66. The number of benzene rings is 1. The van der Waals surface area contributed by atoms with Gasteiger partial charge in [0.15, 0.2) is 11.5 Å². The molecule has 4 nitrogen and oxygen atoms in total. The summed E-state index contributed by atoms with van der Waals surface area (Å²) in [5.41, 5.74) is 2.75. The van der Waals surface area contributed by atoms with E-state index in [9.17, 15) is 5.11 Å². The van der Waals surface area contributed by atoms with Crippen molar-refractivity contribution in [3.05, 3.63) is 23.3 Å². The van der Waals surface area contributed by atoms with E-state index in [-0.39, 0.29) is 17.4 Å². The Bertz CT molecular complexity index is 675. The molecule has 0 radical (unpaired) electrons. The topological polar surface area (TPSA) is 41.9 Å². The van der Waals surface area contributed by atoms with Crippen LogP contribution in [0.15, 0.2) is 12.1 Å². The summed E-state index contributed by atoms with van der Waals surface area (Å²) in [6, 6.07) is 4.82. The van der Waals surface area contributed by atoms with Crippen LogP contribution in [0.2, 0.25) is 0 Å². The Morgan fingerprint density at radius 2 is 2.22 bits per heavy atom. The van der Waals surface area contributed by atoms with E-state index in [4.69, 9.17) is 9.47 Å². The monoisotopic (exact) mass is 315 g/mol. The lowest BCUT2D eigenvalue weighted by atomic mass is 9.50. The molecule has 23 heavy (non-hydrogen) atoms. The molecule has 1 saturated carbocycles. The Labute approximate surface area is 137 Å². The van der Waals surface area contributed by atoms with E-state index < -0.39 is 6.10 Å². The van der Waals surface area contributed by atoms with Gasteiger partial charge in [0.2, 0.25) is 0 Å². The van der Waals surface area contributed by atoms with Crippen molar-refractivity contribution in [2.75, 3.05) is 20.7 Å². The lowest BCUT2D eigenvalue weighted by molar-refractivity contribution is -0.122. The second-order valence-electron chi connectivity index (χ2n) is 8.02. The first-order valence-corrected chi connectivity index (χ1v) is 8.83. The van der Waals surface area contributed by atoms with Crippen molar-refractivity contribution in [1.29, 1.82) is 0 Å². The van der Waals surface area contributed by atoms with E-state index in [0.717, 1.165) is 37.3 Å². The first kappa shape index (κ1) is 14.1. The van der Waals surface area contributed by atoms with Gasteiger partial charge in [0.1, 0.15) is 6.10 Å². The fraction of sp³-hybridized carbons (Fsp3) is 0.684. The van der Waals surface area contributed by atoms with E-state index >= 15 is 0 Å². The Hall–Kier alpha value is -1.26. The average Bonchev–Trinajstić information content (AvgIpc) is 2.89. The van der Waals surface area contributed by atoms with E-state index in [1.54, 1.807) is 7.11 Å². The molecule has 1 aromatic rings. The lowest BCUT2D eigenvalue weighted by Gasteiger charge is -2.59. The Morgan fingerprint density at radius 3 is 3.00 bits per heavy atom. The van der Waals surface area contributed by atoms with Crippen LogP contribution in [-0.4, -0.2) is 49.0 Å². The number of aliphatic hydroxyl groups excluding tert-OH is 1. The number of hydrogen-bond donors (Lipinski definition) is 1. The number of likely N-dealkylation sites (N-methyl/N-ethyl adjacent to an activating group) is 1. The first-order valence-electron chi connectivity index (χ1n) is 8.83. The second-order valence-corrected chi connectivity index (χ2v) is 8.02. The first-order chi connectivity index (χ1) is 11.1. The number of aliphatic hydroxyl groups is 1. The highest BCUT2D eigenvalue weighted by molar-refractivity contribution is 5.61. The van der Waals surface area contributed by atoms with Crippen LogP contribution < -0.4 is 9.47 Å². The number of rotatable bonds is 1. The molecule has 124 valence electrons. The maximum absolute atomic E-state index is 10.9. The van der Waals surface area contributed by atoms with Crippen LogP contribution in [0.4, 0.5) is 0 Å². The van der Waals surface area contributed by atoms with E-state index in [1.165, 1.54) is 11.1 Å². The number of piperidine rings is 1. The van der Waals surface area contributed by atoms with Crippen LogP contribution >= 0.6 is 0 Å². The maximum Gasteiger partial charge on any atom is 0.165 e. The molecule has 2 heterocycles. The van der Waals surface area contributed by atoms with Gasteiger partial charge in [-0.1, -0.05) is 13.0 Å². The van der Waals surface area contributed by atoms with Gasteiger partial charge in [-0.15, -0.1) is 0 Å².